The molecule has 0 aromatic heterocycles. The van der Waals surface area contributed by atoms with Gasteiger partial charge in [-0.2, -0.15) is 0 Å². The lowest BCUT2D eigenvalue weighted by Gasteiger charge is -2.13. The van der Waals surface area contributed by atoms with Crippen LogP contribution in [0.2, 0.25) is 5.02 Å². The summed E-state index contributed by atoms with van der Waals surface area (Å²) in [4.78, 5) is 11.5. The Bertz CT molecular complexity index is 346. The fraction of sp³-hybridized carbons (Fsp3) is 0.500. The van der Waals surface area contributed by atoms with E-state index in [0.717, 1.165) is 30.7 Å². The zero-order valence-electron chi connectivity index (χ0n) is 10.4. The highest BCUT2D eigenvalue weighted by molar-refractivity contribution is 6.30. The average molecular weight is 255 g/mol. The van der Waals surface area contributed by atoms with Crippen molar-refractivity contribution in [3.8, 4) is 0 Å². The molecule has 0 fully saturated rings. The Balaban J connectivity index is 2.51. The zero-order valence-corrected chi connectivity index (χ0v) is 11.2. The molecule has 1 atom stereocenters. The van der Waals surface area contributed by atoms with Crippen LogP contribution in [0.15, 0.2) is 24.3 Å². The first-order valence-corrected chi connectivity index (χ1v) is 6.37. The van der Waals surface area contributed by atoms with Gasteiger partial charge in [-0.25, -0.2) is 0 Å². The summed E-state index contributed by atoms with van der Waals surface area (Å²) in [6.45, 7) is 2.08. The fourth-order valence-electron chi connectivity index (χ4n) is 1.89. The number of halogens is 1. The van der Waals surface area contributed by atoms with Crippen LogP contribution in [-0.4, -0.2) is 13.1 Å². The van der Waals surface area contributed by atoms with Crippen molar-refractivity contribution in [2.24, 2.45) is 5.92 Å². The molecule has 0 aliphatic rings. The topological polar surface area (TPSA) is 26.3 Å². The number of carbonyl (C=O) groups excluding carboxylic acids is 1. The van der Waals surface area contributed by atoms with E-state index in [2.05, 4.69) is 6.92 Å². The van der Waals surface area contributed by atoms with E-state index in [9.17, 15) is 4.79 Å². The summed E-state index contributed by atoms with van der Waals surface area (Å²) in [5.41, 5.74) is 1.21. The molecule has 0 aliphatic heterocycles. The minimum Gasteiger partial charge on any atom is -0.469 e. The maximum absolute atomic E-state index is 11.5. The number of carbonyl (C=O) groups is 1. The summed E-state index contributed by atoms with van der Waals surface area (Å²) < 4.78 is 4.81. The number of ether oxygens (including phenoxy) is 1. The first-order valence-electron chi connectivity index (χ1n) is 5.99. The van der Waals surface area contributed by atoms with E-state index in [1.807, 2.05) is 24.3 Å². The highest BCUT2D eigenvalue weighted by Gasteiger charge is 2.17. The Hall–Kier alpha value is -1.02. The number of rotatable bonds is 6. The monoisotopic (exact) mass is 254 g/mol. The first kappa shape index (κ1) is 14.0. The Morgan fingerprint density at radius 3 is 2.47 bits per heavy atom. The van der Waals surface area contributed by atoms with Crippen LogP contribution < -0.4 is 0 Å². The van der Waals surface area contributed by atoms with Crippen molar-refractivity contribution in [1.29, 1.82) is 0 Å². The van der Waals surface area contributed by atoms with Gasteiger partial charge in [-0.3, -0.25) is 4.79 Å². The average Bonchev–Trinajstić information content (AvgIpc) is 2.35. The summed E-state index contributed by atoms with van der Waals surface area (Å²) in [5.74, 6) is -0.0820. The SMILES string of the molecule is CCCC(CCc1ccc(Cl)cc1)C(=O)OC. The number of hydrogen-bond acceptors (Lipinski definition) is 2. The van der Waals surface area contributed by atoms with Crippen molar-refractivity contribution in [3.05, 3.63) is 34.9 Å². The molecule has 94 valence electrons. The molecule has 0 saturated heterocycles. The summed E-state index contributed by atoms with van der Waals surface area (Å²) in [6.07, 6.45) is 3.61. The normalized spacial score (nSPS) is 12.2. The van der Waals surface area contributed by atoms with Crippen molar-refractivity contribution in [2.45, 2.75) is 32.6 Å². The van der Waals surface area contributed by atoms with Gasteiger partial charge in [-0.05, 0) is 37.0 Å². The quantitative estimate of drug-likeness (QED) is 0.721. The van der Waals surface area contributed by atoms with Gasteiger partial charge in [-0.1, -0.05) is 37.1 Å². The third kappa shape index (κ3) is 4.78. The standard InChI is InChI=1S/C14H19ClO2/c1-3-4-12(14(16)17-2)8-5-11-6-9-13(15)10-7-11/h6-7,9-10,12H,3-5,8H2,1-2H3. The predicted molar refractivity (Wildman–Crippen MR) is 70.2 cm³/mol. The second-order valence-corrected chi connectivity index (χ2v) is 4.61. The number of benzene rings is 1. The van der Waals surface area contributed by atoms with E-state index in [1.165, 1.54) is 12.7 Å². The van der Waals surface area contributed by atoms with E-state index >= 15 is 0 Å². The van der Waals surface area contributed by atoms with Crippen LogP contribution >= 0.6 is 11.6 Å². The largest absolute Gasteiger partial charge is 0.469 e. The van der Waals surface area contributed by atoms with Gasteiger partial charge >= 0.3 is 5.97 Å². The Labute approximate surface area is 108 Å². The molecule has 0 saturated carbocycles. The molecule has 0 radical (unpaired) electrons. The highest BCUT2D eigenvalue weighted by Crippen LogP contribution is 2.18. The summed E-state index contributed by atoms with van der Waals surface area (Å²) in [5, 5.41) is 0.742. The third-order valence-electron chi connectivity index (χ3n) is 2.87. The van der Waals surface area contributed by atoms with Crippen LogP contribution in [0.1, 0.15) is 31.7 Å². The fourth-order valence-corrected chi connectivity index (χ4v) is 2.01. The summed E-state index contributed by atoms with van der Waals surface area (Å²) in [7, 11) is 1.45. The van der Waals surface area contributed by atoms with Crippen LogP contribution in [0.25, 0.3) is 0 Å². The van der Waals surface area contributed by atoms with Gasteiger partial charge in [-0.15, -0.1) is 0 Å². The second kappa shape index (κ2) is 7.33. The molecule has 2 nitrogen and oxygen atoms in total. The van der Waals surface area contributed by atoms with Crippen LogP contribution in [0.3, 0.4) is 0 Å². The second-order valence-electron chi connectivity index (χ2n) is 4.17. The van der Waals surface area contributed by atoms with Crippen molar-refractivity contribution in [3.63, 3.8) is 0 Å². The molecule has 1 unspecified atom stereocenters. The van der Waals surface area contributed by atoms with Gasteiger partial charge < -0.3 is 4.74 Å². The molecular weight excluding hydrogens is 236 g/mol. The molecule has 1 rings (SSSR count). The maximum Gasteiger partial charge on any atom is 0.308 e. The van der Waals surface area contributed by atoms with Crippen LogP contribution in [0.4, 0.5) is 0 Å². The van der Waals surface area contributed by atoms with Gasteiger partial charge in [0.25, 0.3) is 0 Å². The van der Waals surface area contributed by atoms with Gasteiger partial charge in [0, 0.05) is 5.02 Å². The van der Waals surface area contributed by atoms with Crippen LogP contribution in [-0.2, 0) is 16.0 Å². The molecule has 1 aromatic rings. The number of esters is 1. The van der Waals surface area contributed by atoms with Gasteiger partial charge in [0.1, 0.15) is 0 Å². The molecule has 3 heteroatoms. The summed E-state index contributed by atoms with van der Waals surface area (Å²) in [6, 6.07) is 7.76. The van der Waals surface area contributed by atoms with E-state index in [-0.39, 0.29) is 11.9 Å². The molecular formula is C14H19ClO2. The molecule has 0 heterocycles. The van der Waals surface area contributed by atoms with Crippen molar-refractivity contribution in [1.82, 2.24) is 0 Å². The van der Waals surface area contributed by atoms with Gasteiger partial charge in [0.05, 0.1) is 13.0 Å². The predicted octanol–water partition coefficient (Wildman–Crippen LogP) is 3.86. The summed E-state index contributed by atoms with van der Waals surface area (Å²) >= 11 is 5.82. The van der Waals surface area contributed by atoms with Crippen LogP contribution in [0, 0.1) is 5.92 Å². The lowest BCUT2D eigenvalue weighted by molar-refractivity contribution is -0.145. The van der Waals surface area contributed by atoms with E-state index < -0.39 is 0 Å². The maximum atomic E-state index is 11.5. The molecule has 0 spiro atoms. The van der Waals surface area contributed by atoms with E-state index in [4.69, 9.17) is 16.3 Å². The van der Waals surface area contributed by atoms with Gasteiger partial charge in [0.15, 0.2) is 0 Å². The number of aryl methyl sites for hydroxylation is 1. The van der Waals surface area contributed by atoms with Gasteiger partial charge in [0.2, 0.25) is 0 Å². The zero-order chi connectivity index (χ0) is 12.7. The minimum absolute atomic E-state index is 0.0145. The molecule has 17 heavy (non-hydrogen) atoms. The molecule has 0 bridgehead atoms. The lowest BCUT2D eigenvalue weighted by Crippen LogP contribution is -2.16. The smallest absolute Gasteiger partial charge is 0.308 e. The number of hydrogen-bond donors (Lipinski definition) is 0. The minimum atomic E-state index is -0.0965. The first-order chi connectivity index (χ1) is 8.17. The number of methoxy groups -OCH3 is 1. The molecule has 0 N–H and O–H groups in total. The molecule has 1 aromatic carbocycles. The third-order valence-corrected chi connectivity index (χ3v) is 3.12. The molecule has 0 amide bonds. The lowest BCUT2D eigenvalue weighted by atomic mass is 9.95. The van der Waals surface area contributed by atoms with E-state index in [1.54, 1.807) is 0 Å². The highest BCUT2D eigenvalue weighted by atomic mass is 35.5. The Morgan fingerprint density at radius 2 is 1.94 bits per heavy atom. The Kier molecular flexibility index (Phi) is 6.06. The van der Waals surface area contributed by atoms with Crippen molar-refractivity contribution >= 4 is 17.6 Å². The van der Waals surface area contributed by atoms with Crippen molar-refractivity contribution in [2.75, 3.05) is 7.11 Å². The van der Waals surface area contributed by atoms with E-state index in [0.29, 0.717) is 0 Å². The Morgan fingerprint density at radius 1 is 1.29 bits per heavy atom. The van der Waals surface area contributed by atoms with Crippen LogP contribution in [0.5, 0.6) is 0 Å². The molecule has 0 aliphatic carbocycles. The van der Waals surface area contributed by atoms with Crippen molar-refractivity contribution < 1.29 is 9.53 Å².